The van der Waals surface area contributed by atoms with Gasteiger partial charge >= 0.3 is 0 Å². The lowest BCUT2D eigenvalue weighted by atomic mass is 10.0. The van der Waals surface area contributed by atoms with Gasteiger partial charge in [0.15, 0.2) is 0 Å². The summed E-state index contributed by atoms with van der Waals surface area (Å²) in [4.78, 5) is 13.4. The Morgan fingerprint density at radius 3 is 2.20 bits per heavy atom. The number of hydrogen-bond donors (Lipinski definition) is 1. The summed E-state index contributed by atoms with van der Waals surface area (Å²) in [5, 5.41) is 0. The van der Waals surface area contributed by atoms with Gasteiger partial charge in [0.05, 0.1) is 0 Å². The van der Waals surface area contributed by atoms with Crippen LogP contribution in [0.25, 0.3) is 0 Å². The molecule has 1 aromatic carbocycles. The molecular weight excluding hydrogens is 286 g/mol. The number of amides is 1. The van der Waals surface area contributed by atoms with Gasteiger partial charge in [-0.15, -0.1) is 12.4 Å². The normalized spacial score (nSPS) is 11.9. The number of nitrogens with zero attached hydrogens (tertiary/aromatic N) is 1. The number of rotatable bonds is 5. The Balaban J connectivity index is 0.00000361. The van der Waals surface area contributed by atoms with Crippen molar-refractivity contribution >= 4 is 18.3 Å². The highest BCUT2D eigenvalue weighted by atomic mass is 35.5. The van der Waals surface area contributed by atoms with Crippen LogP contribution in [0.1, 0.15) is 30.6 Å². The minimum absolute atomic E-state index is 0. The first kappa shape index (κ1) is 18.8. The molecule has 2 N–H and O–H groups in total. The molecule has 0 aliphatic carbocycles. The molecule has 0 saturated heterocycles. The lowest BCUT2D eigenvalue weighted by Gasteiger charge is -2.21. The zero-order chi connectivity index (χ0) is 14.6. The molecule has 0 spiro atoms. The van der Waals surface area contributed by atoms with Crippen LogP contribution in [-0.4, -0.2) is 30.4 Å². The summed E-state index contributed by atoms with van der Waals surface area (Å²) in [6, 6.07) is 2.81. The summed E-state index contributed by atoms with van der Waals surface area (Å²) in [6.45, 7) is 4.47. The van der Waals surface area contributed by atoms with Crippen LogP contribution in [0.15, 0.2) is 18.2 Å². The number of nitrogens with two attached hydrogens (primary N) is 1. The number of halogens is 3. The Labute approximate surface area is 124 Å². The maximum absolute atomic E-state index is 13.0. The van der Waals surface area contributed by atoms with E-state index in [1.54, 1.807) is 7.05 Å². The molecule has 1 unspecified atom stereocenters. The molecule has 1 atom stereocenters. The standard InChI is InChI=1S/C14H20F2N2O.ClH/c1-9(2)13(17)4-5-18(3)14(19)10-6-11(15)8-12(16)7-10;/h6-9,13H,4-5,17H2,1-3H3;1H. The molecule has 20 heavy (non-hydrogen) atoms. The van der Waals surface area contributed by atoms with E-state index in [0.717, 1.165) is 18.2 Å². The van der Waals surface area contributed by atoms with E-state index >= 15 is 0 Å². The van der Waals surface area contributed by atoms with E-state index in [1.165, 1.54) is 4.90 Å². The van der Waals surface area contributed by atoms with Crippen molar-refractivity contribution in [3.63, 3.8) is 0 Å². The Kier molecular flexibility index (Phi) is 7.68. The van der Waals surface area contributed by atoms with E-state index in [1.807, 2.05) is 13.8 Å². The third kappa shape index (κ3) is 5.43. The van der Waals surface area contributed by atoms with Crippen LogP contribution in [0.3, 0.4) is 0 Å². The molecule has 0 fully saturated rings. The lowest BCUT2D eigenvalue weighted by Crippen LogP contribution is -2.34. The fraction of sp³-hybridized carbons (Fsp3) is 0.500. The summed E-state index contributed by atoms with van der Waals surface area (Å²) < 4.78 is 26.1. The monoisotopic (exact) mass is 306 g/mol. The second-order valence-corrected chi connectivity index (χ2v) is 5.08. The zero-order valence-electron chi connectivity index (χ0n) is 11.9. The van der Waals surface area contributed by atoms with Crippen molar-refractivity contribution in [1.29, 1.82) is 0 Å². The topological polar surface area (TPSA) is 46.3 Å². The molecule has 1 rings (SSSR count). The van der Waals surface area contributed by atoms with Gasteiger partial charge in [0, 0.05) is 31.3 Å². The molecule has 0 saturated carbocycles. The van der Waals surface area contributed by atoms with E-state index < -0.39 is 17.5 Å². The highest BCUT2D eigenvalue weighted by Crippen LogP contribution is 2.11. The summed E-state index contributed by atoms with van der Waals surface area (Å²) >= 11 is 0. The van der Waals surface area contributed by atoms with Crippen LogP contribution in [0.4, 0.5) is 8.78 Å². The highest BCUT2D eigenvalue weighted by molar-refractivity contribution is 5.94. The summed E-state index contributed by atoms with van der Waals surface area (Å²) in [5.74, 6) is -1.59. The van der Waals surface area contributed by atoms with Gasteiger partial charge in [-0.1, -0.05) is 13.8 Å². The van der Waals surface area contributed by atoms with Crippen molar-refractivity contribution in [2.24, 2.45) is 11.7 Å². The highest BCUT2D eigenvalue weighted by Gasteiger charge is 2.15. The first-order valence-corrected chi connectivity index (χ1v) is 6.28. The molecule has 1 aromatic rings. The van der Waals surface area contributed by atoms with Crippen molar-refractivity contribution in [3.8, 4) is 0 Å². The van der Waals surface area contributed by atoms with E-state index in [2.05, 4.69) is 0 Å². The smallest absolute Gasteiger partial charge is 0.253 e. The van der Waals surface area contributed by atoms with Crippen LogP contribution in [0, 0.1) is 17.6 Å². The molecule has 0 aliphatic heterocycles. The third-order valence-electron chi connectivity index (χ3n) is 3.11. The second-order valence-electron chi connectivity index (χ2n) is 5.08. The van der Waals surface area contributed by atoms with E-state index in [9.17, 15) is 13.6 Å². The first-order chi connectivity index (χ1) is 8.81. The molecule has 0 bridgehead atoms. The third-order valence-corrected chi connectivity index (χ3v) is 3.11. The van der Waals surface area contributed by atoms with Gasteiger partial charge < -0.3 is 10.6 Å². The van der Waals surface area contributed by atoms with Crippen LogP contribution in [0.2, 0.25) is 0 Å². The average molecular weight is 307 g/mol. The van der Waals surface area contributed by atoms with Gasteiger partial charge in [0.1, 0.15) is 11.6 Å². The largest absolute Gasteiger partial charge is 0.342 e. The number of hydrogen-bond acceptors (Lipinski definition) is 2. The van der Waals surface area contributed by atoms with Gasteiger partial charge in [-0.05, 0) is 24.5 Å². The molecule has 3 nitrogen and oxygen atoms in total. The molecule has 1 amide bonds. The number of carbonyl (C=O) groups is 1. The second kappa shape index (κ2) is 8.17. The minimum atomic E-state index is -0.754. The van der Waals surface area contributed by atoms with Crippen molar-refractivity contribution in [2.75, 3.05) is 13.6 Å². The van der Waals surface area contributed by atoms with Crippen molar-refractivity contribution in [3.05, 3.63) is 35.4 Å². The maximum Gasteiger partial charge on any atom is 0.253 e. The van der Waals surface area contributed by atoms with Crippen molar-refractivity contribution in [2.45, 2.75) is 26.3 Å². The Morgan fingerprint density at radius 1 is 1.25 bits per heavy atom. The first-order valence-electron chi connectivity index (χ1n) is 6.28. The van der Waals surface area contributed by atoms with Gasteiger partial charge in [0.25, 0.3) is 5.91 Å². The molecule has 0 radical (unpaired) electrons. The van der Waals surface area contributed by atoms with E-state index in [4.69, 9.17) is 5.73 Å². The minimum Gasteiger partial charge on any atom is -0.342 e. The molecule has 0 heterocycles. The van der Waals surface area contributed by atoms with Gasteiger partial charge in [-0.3, -0.25) is 4.79 Å². The van der Waals surface area contributed by atoms with Gasteiger partial charge in [0.2, 0.25) is 0 Å². The molecule has 114 valence electrons. The molecular formula is C14H21ClF2N2O. The SMILES string of the molecule is CC(C)C(N)CCN(C)C(=O)c1cc(F)cc(F)c1.Cl. The van der Waals surface area contributed by atoms with Crippen LogP contribution >= 0.6 is 12.4 Å². The van der Waals surface area contributed by atoms with Crippen LogP contribution in [-0.2, 0) is 0 Å². The number of benzene rings is 1. The van der Waals surface area contributed by atoms with E-state index in [0.29, 0.717) is 18.9 Å². The molecule has 0 aliphatic rings. The summed E-state index contributed by atoms with van der Waals surface area (Å²) in [5.41, 5.74) is 5.91. The van der Waals surface area contributed by atoms with Crippen molar-refractivity contribution < 1.29 is 13.6 Å². The summed E-state index contributed by atoms with van der Waals surface area (Å²) in [7, 11) is 1.60. The van der Waals surface area contributed by atoms with Crippen LogP contribution in [0.5, 0.6) is 0 Å². The fourth-order valence-corrected chi connectivity index (χ4v) is 1.68. The van der Waals surface area contributed by atoms with Crippen LogP contribution < -0.4 is 5.73 Å². The quantitative estimate of drug-likeness (QED) is 0.909. The van der Waals surface area contributed by atoms with Gasteiger partial charge in [-0.2, -0.15) is 0 Å². The summed E-state index contributed by atoms with van der Waals surface area (Å²) in [6.07, 6.45) is 0.651. The molecule has 0 aromatic heterocycles. The number of carbonyl (C=O) groups excluding carboxylic acids is 1. The Hall–Kier alpha value is -1.20. The predicted molar refractivity (Wildman–Crippen MR) is 78.0 cm³/mol. The predicted octanol–water partition coefficient (Wildman–Crippen LogP) is 2.83. The average Bonchev–Trinajstić information content (AvgIpc) is 2.33. The molecule has 6 heteroatoms. The van der Waals surface area contributed by atoms with Gasteiger partial charge in [-0.25, -0.2) is 8.78 Å². The zero-order valence-corrected chi connectivity index (χ0v) is 12.7. The van der Waals surface area contributed by atoms with E-state index in [-0.39, 0.29) is 24.0 Å². The lowest BCUT2D eigenvalue weighted by molar-refractivity contribution is 0.0788. The van der Waals surface area contributed by atoms with Crippen molar-refractivity contribution in [1.82, 2.24) is 4.90 Å². The Morgan fingerprint density at radius 2 is 1.75 bits per heavy atom. The Bertz CT molecular complexity index is 435. The fourth-order valence-electron chi connectivity index (χ4n) is 1.68. The maximum atomic E-state index is 13.0.